The highest BCUT2D eigenvalue weighted by molar-refractivity contribution is 9.10. The highest BCUT2D eigenvalue weighted by Gasteiger charge is 2.23. The summed E-state index contributed by atoms with van der Waals surface area (Å²) in [5.41, 5.74) is 5.10. The standard InChI is InChI=1S/C27H28BrClFN7O/c1-17-24(18(2)37(33-17)22-5-3-19(30)4-6-22)14-27(38)31-20-9-11-35(12-10-20)15-21-16-36(34-32-21)23-7-8-25(28)26(29)13-23/h3-8,13,16,20H,9-12,14-15H2,1-2H3,(H,31,38). The number of hydrogen-bond acceptors (Lipinski definition) is 5. The van der Waals surface area contributed by atoms with E-state index in [0.717, 1.165) is 64.4 Å². The molecule has 0 bridgehead atoms. The smallest absolute Gasteiger partial charge is 0.224 e. The molecule has 5 rings (SSSR count). The molecule has 4 aromatic rings. The first-order valence-electron chi connectivity index (χ1n) is 12.5. The van der Waals surface area contributed by atoms with E-state index in [0.29, 0.717) is 11.6 Å². The summed E-state index contributed by atoms with van der Waals surface area (Å²) in [6.45, 7) is 6.26. The van der Waals surface area contributed by atoms with E-state index in [2.05, 4.69) is 41.6 Å². The van der Waals surface area contributed by atoms with Crippen LogP contribution in [-0.2, 0) is 17.8 Å². The molecule has 1 aliphatic rings. The second-order valence-corrected chi connectivity index (χ2v) is 10.8. The van der Waals surface area contributed by atoms with E-state index >= 15 is 0 Å². The topological polar surface area (TPSA) is 80.9 Å². The van der Waals surface area contributed by atoms with Crippen molar-refractivity contribution >= 4 is 33.4 Å². The van der Waals surface area contributed by atoms with Crippen LogP contribution in [0.3, 0.4) is 0 Å². The van der Waals surface area contributed by atoms with Gasteiger partial charge in [-0.15, -0.1) is 5.10 Å². The van der Waals surface area contributed by atoms with Crippen LogP contribution in [0.15, 0.2) is 53.1 Å². The first kappa shape index (κ1) is 26.5. The maximum Gasteiger partial charge on any atom is 0.224 e. The van der Waals surface area contributed by atoms with Gasteiger partial charge in [-0.2, -0.15) is 5.10 Å². The molecule has 198 valence electrons. The third-order valence-corrected chi connectivity index (χ3v) is 8.13. The number of nitrogens with zero attached hydrogens (tertiary/aromatic N) is 6. The first-order valence-corrected chi connectivity index (χ1v) is 13.6. The summed E-state index contributed by atoms with van der Waals surface area (Å²) in [7, 11) is 0. The third-order valence-electron chi connectivity index (χ3n) is 6.90. The van der Waals surface area contributed by atoms with Gasteiger partial charge in [0.2, 0.25) is 5.91 Å². The Kier molecular flexibility index (Phi) is 7.92. The Morgan fingerprint density at radius 2 is 1.84 bits per heavy atom. The lowest BCUT2D eigenvalue weighted by Gasteiger charge is -2.31. The SMILES string of the molecule is Cc1nn(-c2ccc(F)cc2)c(C)c1CC(=O)NC1CCN(Cc2cn(-c3ccc(Br)c(Cl)c3)nn2)CC1. The minimum absolute atomic E-state index is 0.00981. The molecule has 38 heavy (non-hydrogen) atoms. The van der Waals surface area contributed by atoms with Gasteiger partial charge in [0, 0.05) is 41.4 Å². The highest BCUT2D eigenvalue weighted by atomic mass is 79.9. The van der Waals surface area contributed by atoms with Crippen LogP contribution in [-0.4, -0.2) is 54.7 Å². The molecule has 0 aliphatic carbocycles. The molecule has 1 saturated heterocycles. The zero-order valence-electron chi connectivity index (χ0n) is 21.2. The van der Waals surface area contributed by atoms with Crippen LogP contribution < -0.4 is 5.32 Å². The van der Waals surface area contributed by atoms with Gasteiger partial charge in [-0.1, -0.05) is 16.8 Å². The minimum atomic E-state index is -0.293. The van der Waals surface area contributed by atoms with Crippen molar-refractivity contribution in [1.82, 2.24) is 35.0 Å². The number of nitrogens with one attached hydrogen (secondary N) is 1. The van der Waals surface area contributed by atoms with Gasteiger partial charge >= 0.3 is 0 Å². The van der Waals surface area contributed by atoms with E-state index in [4.69, 9.17) is 11.6 Å². The maximum atomic E-state index is 13.3. The molecule has 0 unspecified atom stereocenters. The molecular formula is C27H28BrClFN7O. The fraction of sp³-hybridized carbons (Fsp3) is 0.333. The average molecular weight is 601 g/mol. The van der Waals surface area contributed by atoms with Crippen molar-refractivity contribution in [2.24, 2.45) is 0 Å². The van der Waals surface area contributed by atoms with Gasteiger partial charge in [0.1, 0.15) is 5.82 Å². The van der Waals surface area contributed by atoms with Crippen molar-refractivity contribution in [1.29, 1.82) is 0 Å². The normalized spacial score (nSPS) is 14.7. The zero-order chi connectivity index (χ0) is 26.8. The maximum absolute atomic E-state index is 13.3. The molecule has 1 amide bonds. The number of carbonyl (C=O) groups excluding carboxylic acids is 1. The van der Waals surface area contributed by atoms with E-state index < -0.39 is 0 Å². The Balaban J connectivity index is 1.12. The molecule has 0 atom stereocenters. The average Bonchev–Trinajstić information content (AvgIpc) is 3.47. The molecule has 1 fully saturated rings. The van der Waals surface area contributed by atoms with Gasteiger partial charge in [0.15, 0.2) is 0 Å². The van der Waals surface area contributed by atoms with Gasteiger partial charge in [-0.25, -0.2) is 13.8 Å². The lowest BCUT2D eigenvalue weighted by molar-refractivity contribution is -0.121. The quantitative estimate of drug-likeness (QED) is 0.325. The van der Waals surface area contributed by atoms with Crippen LogP contribution in [0.1, 0.15) is 35.5 Å². The molecule has 0 spiro atoms. The predicted molar refractivity (Wildman–Crippen MR) is 147 cm³/mol. The van der Waals surface area contributed by atoms with Crippen molar-refractivity contribution in [3.05, 3.63) is 86.6 Å². The number of likely N-dealkylation sites (tertiary alicyclic amines) is 1. The van der Waals surface area contributed by atoms with Gasteiger partial charge in [-0.3, -0.25) is 9.69 Å². The fourth-order valence-corrected chi connectivity index (χ4v) is 5.21. The lowest BCUT2D eigenvalue weighted by Crippen LogP contribution is -2.44. The van der Waals surface area contributed by atoms with Crippen molar-refractivity contribution in [2.75, 3.05) is 13.1 Å². The van der Waals surface area contributed by atoms with Crippen molar-refractivity contribution in [3.8, 4) is 11.4 Å². The number of benzene rings is 2. The summed E-state index contributed by atoms with van der Waals surface area (Å²) in [5.74, 6) is -0.303. The minimum Gasteiger partial charge on any atom is -0.353 e. The van der Waals surface area contributed by atoms with Crippen LogP contribution in [0, 0.1) is 19.7 Å². The van der Waals surface area contributed by atoms with Crippen molar-refractivity contribution in [2.45, 2.75) is 45.7 Å². The van der Waals surface area contributed by atoms with Crippen LogP contribution in [0.5, 0.6) is 0 Å². The number of piperidine rings is 1. The van der Waals surface area contributed by atoms with Crippen LogP contribution in [0.4, 0.5) is 4.39 Å². The molecule has 11 heteroatoms. The van der Waals surface area contributed by atoms with E-state index in [1.54, 1.807) is 21.5 Å². The molecule has 0 radical (unpaired) electrons. The largest absolute Gasteiger partial charge is 0.353 e. The van der Waals surface area contributed by atoms with E-state index in [-0.39, 0.29) is 24.2 Å². The van der Waals surface area contributed by atoms with Crippen molar-refractivity contribution < 1.29 is 9.18 Å². The van der Waals surface area contributed by atoms with Crippen LogP contribution >= 0.6 is 27.5 Å². The summed E-state index contributed by atoms with van der Waals surface area (Å²) < 4.78 is 17.6. The van der Waals surface area contributed by atoms with Gasteiger partial charge in [-0.05, 0) is 85.1 Å². The number of rotatable bonds is 7. The zero-order valence-corrected chi connectivity index (χ0v) is 23.5. The molecule has 0 saturated carbocycles. The molecule has 1 aliphatic heterocycles. The number of carbonyl (C=O) groups is 1. The predicted octanol–water partition coefficient (Wildman–Crippen LogP) is 4.95. The molecule has 1 N–H and O–H groups in total. The number of aryl methyl sites for hydroxylation is 1. The van der Waals surface area contributed by atoms with E-state index in [9.17, 15) is 9.18 Å². The fourth-order valence-electron chi connectivity index (χ4n) is 4.79. The number of aromatic nitrogens is 5. The third kappa shape index (κ3) is 5.98. The summed E-state index contributed by atoms with van der Waals surface area (Å²) in [6, 6.07) is 12.0. The molecule has 3 heterocycles. The second kappa shape index (κ2) is 11.3. The van der Waals surface area contributed by atoms with Gasteiger partial charge < -0.3 is 5.32 Å². The molecule has 8 nitrogen and oxygen atoms in total. The summed E-state index contributed by atoms with van der Waals surface area (Å²) >= 11 is 9.61. The summed E-state index contributed by atoms with van der Waals surface area (Å²) in [5, 5.41) is 17.0. The number of halogens is 3. The Morgan fingerprint density at radius 1 is 1.13 bits per heavy atom. The second-order valence-electron chi connectivity index (χ2n) is 9.59. The monoisotopic (exact) mass is 599 g/mol. The summed E-state index contributed by atoms with van der Waals surface area (Å²) in [6.07, 6.45) is 3.93. The Bertz CT molecular complexity index is 1440. The van der Waals surface area contributed by atoms with Crippen molar-refractivity contribution in [3.63, 3.8) is 0 Å². The number of hydrogen-bond donors (Lipinski definition) is 1. The van der Waals surface area contributed by atoms with Gasteiger partial charge in [0.05, 0.1) is 40.4 Å². The molecule has 2 aromatic heterocycles. The van der Waals surface area contributed by atoms with E-state index in [1.807, 2.05) is 38.2 Å². The molecule has 2 aromatic carbocycles. The van der Waals surface area contributed by atoms with E-state index in [1.165, 1.54) is 12.1 Å². The van der Waals surface area contributed by atoms with Crippen LogP contribution in [0.2, 0.25) is 5.02 Å². The number of amides is 1. The highest BCUT2D eigenvalue weighted by Crippen LogP contribution is 2.25. The first-order chi connectivity index (χ1) is 18.3. The van der Waals surface area contributed by atoms with Crippen LogP contribution in [0.25, 0.3) is 11.4 Å². The Hall–Kier alpha value is -3.08. The van der Waals surface area contributed by atoms with Gasteiger partial charge in [0.25, 0.3) is 0 Å². The Labute approximate surface area is 233 Å². The molecular weight excluding hydrogens is 573 g/mol. The summed E-state index contributed by atoms with van der Waals surface area (Å²) in [4.78, 5) is 15.2. The Morgan fingerprint density at radius 3 is 2.55 bits per heavy atom. The lowest BCUT2D eigenvalue weighted by atomic mass is 10.0.